The molecule has 0 bridgehead atoms. The van der Waals surface area contributed by atoms with E-state index in [1.165, 1.54) is 12.1 Å². The molecule has 1 unspecified atom stereocenters. The lowest BCUT2D eigenvalue weighted by molar-refractivity contribution is -0.127. The number of ether oxygens (including phenoxy) is 1. The van der Waals surface area contributed by atoms with Crippen LogP contribution in [0.4, 0.5) is 9.18 Å². The molecule has 1 aliphatic rings. The van der Waals surface area contributed by atoms with Crippen molar-refractivity contribution in [3.05, 3.63) is 66.1 Å². The van der Waals surface area contributed by atoms with Gasteiger partial charge in [-0.1, -0.05) is 30.3 Å². The first-order chi connectivity index (χ1) is 13.1. The number of aromatic nitrogens is 1. The molecule has 0 saturated carbocycles. The Hall–Kier alpha value is -3.35. The number of hydrogen-bond donors (Lipinski definition) is 2. The van der Waals surface area contributed by atoms with Crippen molar-refractivity contribution < 1.29 is 18.7 Å². The standard InChI is InChI=1S/C20H18FN3O3/c21-15-6-2-4-8-18(15)27-10-9-24-19(25)17(23-20(24)26)11-13-12-22-16-7-3-1-5-14(13)16/h1-8,12,17,22H,9-11H2,(H,23,26). The highest BCUT2D eigenvalue weighted by atomic mass is 19.1. The second-order valence-electron chi connectivity index (χ2n) is 6.33. The fourth-order valence-corrected chi connectivity index (χ4v) is 3.26. The lowest BCUT2D eigenvalue weighted by Gasteiger charge is -2.14. The van der Waals surface area contributed by atoms with Gasteiger partial charge in [0.15, 0.2) is 11.6 Å². The van der Waals surface area contributed by atoms with Gasteiger partial charge in [-0.3, -0.25) is 9.69 Å². The zero-order valence-electron chi connectivity index (χ0n) is 14.4. The maximum absolute atomic E-state index is 13.6. The predicted octanol–water partition coefficient (Wildman–Crippen LogP) is 2.85. The van der Waals surface area contributed by atoms with Gasteiger partial charge in [0.25, 0.3) is 5.91 Å². The van der Waals surface area contributed by atoms with Crippen LogP contribution in [-0.4, -0.2) is 41.0 Å². The molecule has 2 heterocycles. The average Bonchev–Trinajstić information content (AvgIpc) is 3.19. The van der Waals surface area contributed by atoms with Crippen molar-refractivity contribution in [2.24, 2.45) is 0 Å². The van der Waals surface area contributed by atoms with Gasteiger partial charge in [-0.15, -0.1) is 0 Å². The van der Waals surface area contributed by atoms with Gasteiger partial charge in [0.2, 0.25) is 0 Å². The fourth-order valence-electron chi connectivity index (χ4n) is 3.26. The first-order valence-corrected chi connectivity index (χ1v) is 8.67. The van der Waals surface area contributed by atoms with Gasteiger partial charge in [-0.2, -0.15) is 0 Å². The van der Waals surface area contributed by atoms with Gasteiger partial charge in [0.05, 0.1) is 6.54 Å². The van der Waals surface area contributed by atoms with Crippen LogP contribution in [0.5, 0.6) is 5.75 Å². The summed E-state index contributed by atoms with van der Waals surface area (Å²) in [6, 6.07) is 12.7. The van der Waals surface area contributed by atoms with E-state index in [-0.39, 0.29) is 24.8 Å². The summed E-state index contributed by atoms with van der Waals surface area (Å²) in [7, 11) is 0. The Kier molecular flexibility index (Phi) is 4.50. The fraction of sp³-hybridized carbons (Fsp3) is 0.200. The number of carbonyl (C=O) groups is 2. The van der Waals surface area contributed by atoms with E-state index in [9.17, 15) is 14.0 Å². The SMILES string of the molecule is O=C1NC(Cc2c[nH]c3ccccc23)C(=O)N1CCOc1ccccc1F. The Morgan fingerprint density at radius 1 is 1.07 bits per heavy atom. The minimum atomic E-state index is -0.620. The number of aromatic amines is 1. The molecule has 3 amide bonds. The van der Waals surface area contributed by atoms with Crippen molar-refractivity contribution in [1.29, 1.82) is 0 Å². The number of benzene rings is 2. The van der Waals surface area contributed by atoms with E-state index in [1.54, 1.807) is 12.1 Å². The summed E-state index contributed by atoms with van der Waals surface area (Å²) in [6.07, 6.45) is 2.26. The van der Waals surface area contributed by atoms with Crippen molar-refractivity contribution in [3.63, 3.8) is 0 Å². The number of imide groups is 1. The molecule has 0 radical (unpaired) electrons. The molecule has 0 aliphatic carbocycles. The van der Waals surface area contributed by atoms with Crippen LogP contribution in [0.25, 0.3) is 10.9 Å². The zero-order chi connectivity index (χ0) is 18.8. The Balaban J connectivity index is 1.39. The second kappa shape index (κ2) is 7.11. The van der Waals surface area contributed by atoms with E-state index in [1.807, 2.05) is 30.5 Å². The minimum absolute atomic E-state index is 0.0277. The van der Waals surface area contributed by atoms with Crippen LogP contribution in [0.2, 0.25) is 0 Å². The highest BCUT2D eigenvalue weighted by molar-refractivity contribution is 6.04. The maximum atomic E-state index is 13.6. The summed E-state index contributed by atoms with van der Waals surface area (Å²) in [6.45, 7) is 0.0866. The van der Waals surface area contributed by atoms with E-state index >= 15 is 0 Å². The van der Waals surface area contributed by atoms with Gasteiger partial charge in [-0.25, -0.2) is 9.18 Å². The number of amides is 3. The van der Waals surface area contributed by atoms with Gasteiger partial charge < -0.3 is 15.0 Å². The molecule has 138 valence electrons. The molecule has 2 aromatic carbocycles. The third-order valence-corrected chi connectivity index (χ3v) is 4.62. The molecule has 1 aromatic heterocycles. The van der Waals surface area contributed by atoms with E-state index in [0.29, 0.717) is 6.42 Å². The van der Waals surface area contributed by atoms with Crippen LogP contribution in [0.15, 0.2) is 54.7 Å². The van der Waals surface area contributed by atoms with Crippen molar-refractivity contribution >= 4 is 22.8 Å². The first-order valence-electron chi connectivity index (χ1n) is 8.67. The molecule has 7 heteroatoms. The number of para-hydroxylation sites is 2. The molecule has 1 aliphatic heterocycles. The number of H-pyrrole nitrogens is 1. The first kappa shape index (κ1) is 17.1. The topological polar surface area (TPSA) is 74.4 Å². The van der Waals surface area contributed by atoms with Crippen LogP contribution in [0, 0.1) is 5.82 Å². The number of rotatable bonds is 6. The molecule has 4 rings (SSSR count). The summed E-state index contributed by atoms with van der Waals surface area (Å²) in [5.74, 6) is -0.686. The Morgan fingerprint density at radius 3 is 2.70 bits per heavy atom. The molecule has 1 atom stereocenters. The van der Waals surface area contributed by atoms with Gasteiger partial charge in [0, 0.05) is 23.5 Å². The third-order valence-electron chi connectivity index (χ3n) is 4.62. The number of hydrogen-bond acceptors (Lipinski definition) is 3. The van der Waals surface area contributed by atoms with Gasteiger partial charge in [0.1, 0.15) is 12.6 Å². The molecular weight excluding hydrogens is 349 g/mol. The third kappa shape index (κ3) is 3.36. The van der Waals surface area contributed by atoms with Crippen LogP contribution in [0.3, 0.4) is 0 Å². The molecule has 1 fully saturated rings. The number of urea groups is 1. The minimum Gasteiger partial charge on any atom is -0.489 e. The Morgan fingerprint density at radius 2 is 1.85 bits per heavy atom. The molecule has 1 saturated heterocycles. The normalized spacial score (nSPS) is 16.8. The summed E-state index contributed by atoms with van der Waals surface area (Å²) >= 11 is 0. The van der Waals surface area contributed by atoms with Crippen molar-refractivity contribution in [2.45, 2.75) is 12.5 Å². The van der Waals surface area contributed by atoms with Crippen LogP contribution in [0.1, 0.15) is 5.56 Å². The molecule has 6 nitrogen and oxygen atoms in total. The maximum Gasteiger partial charge on any atom is 0.324 e. The Bertz CT molecular complexity index is 1000. The Labute approximate surface area is 154 Å². The smallest absolute Gasteiger partial charge is 0.324 e. The monoisotopic (exact) mass is 367 g/mol. The molecule has 0 spiro atoms. The second-order valence-corrected chi connectivity index (χ2v) is 6.33. The lowest BCUT2D eigenvalue weighted by atomic mass is 10.1. The van der Waals surface area contributed by atoms with Gasteiger partial charge in [-0.05, 0) is 23.8 Å². The van der Waals surface area contributed by atoms with Crippen LogP contribution >= 0.6 is 0 Å². The number of halogens is 1. The van der Waals surface area contributed by atoms with Crippen LogP contribution in [-0.2, 0) is 11.2 Å². The molecule has 3 aromatic rings. The average molecular weight is 367 g/mol. The highest BCUT2D eigenvalue weighted by Gasteiger charge is 2.38. The van der Waals surface area contributed by atoms with Crippen LogP contribution < -0.4 is 10.1 Å². The van der Waals surface area contributed by atoms with E-state index in [2.05, 4.69) is 10.3 Å². The van der Waals surface area contributed by atoms with E-state index in [4.69, 9.17) is 4.74 Å². The molecular formula is C20H18FN3O3. The van der Waals surface area contributed by atoms with E-state index in [0.717, 1.165) is 21.4 Å². The molecule has 27 heavy (non-hydrogen) atoms. The predicted molar refractivity (Wildman–Crippen MR) is 97.9 cm³/mol. The van der Waals surface area contributed by atoms with Crippen molar-refractivity contribution in [1.82, 2.24) is 15.2 Å². The summed E-state index contributed by atoms with van der Waals surface area (Å²) < 4.78 is 18.9. The number of fused-ring (bicyclic) bond motifs is 1. The summed E-state index contributed by atoms with van der Waals surface area (Å²) in [5, 5.41) is 3.74. The van der Waals surface area contributed by atoms with Crippen molar-refractivity contribution in [3.8, 4) is 5.75 Å². The summed E-state index contributed by atoms with van der Waals surface area (Å²) in [5.41, 5.74) is 1.95. The van der Waals surface area contributed by atoms with E-state index < -0.39 is 17.9 Å². The number of nitrogens with zero attached hydrogens (tertiary/aromatic N) is 1. The zero-order valence-corrected chi connectivity index (χ0v) is 14.4. The number of carbonyl (C=O) groups excluding carboxylic acids is 2. The quantitative estimate of drug-likeness (QED) is 0.658. The molecule has 2 N–H and O–H groups in total. The lowest BCUT2D eigenvalue weighted by Crippen LogP contribution is -2.35. The summed E-state index contributed by atoms with van der Waals surface area (Å²) in [4.78, 5) is 29.0. The van der Waals surface area contributed by atoms with Gasteiger partial charge >= 0.3 is 6.03 Å². The van der Waals surface area contributed by atoms with Crippen molar-refractivity contribution in [2.75, 3.05) is 13.2 Å². The highest BCUT2D eigenvalue weighted by Crippen LogP contribution is 2.21. The number of nitrogens with one attached hydrogen (secondary N) is 2. The largest absolute Gasteiger partial charge is 0.489 e.